The highest BCUT2D eigenvalue weighted by Crippen LogP contribution is 2.24. The molecule has 1 heterocycles. The van der Waals surface area contributed by atoms with Crippen molar-refractivity contribution in [1.29, 1.82) is 0 Å². The molecule has 17 heavy (non-hydrogen) atoms. The summed E-state index contributed by atoms with van der Waals surface area (Å²) in [6.07, 6.45) is 3.13. The number of ether oxygens (including phenoxy) is 2. The van der Waals surface area contributed by atoms with Gasteiger partial charge in [0.1, 0.15) is 5.75 Å². The van der Waals surface area contributed by atoms with Gasteiger partial charge in [0, 0.05) is 16.8 Å². The zero-order chi connectivity index (χ0) is 12.3. The number of ketones is 1. The molecule has 0 aromatic heterocycles. The van der Waals surface area contributed by atoms with E-state index in [2.05, 4.69) is 0 Å². The van der Waals surface area contributed by atoms with Gasteiger partial charge in [-0.05, 0) is 31.0 Å². The maximum absolute atomic E-state index is 12.2. The lowest BCUT2D eigenvalue weighted by molar-refractivity contribution is 0.101. The Morgan fingerprint density at radius 1 is 1.47 bits per heavy atom. The number of nitrogen functional groups attached to an aromatic ring is 1. The Morgan fingerprint density at radius 2 is 2.29 bits per heavy atom. The van der Waals surface area contributed by atoms with E-state index in [-0.39, 0.29) is 5.78 Å². The van der Waals surface area contributed by atoms with E-state index in [9.17, 15) is 4.79 Å². The second-order valence-corrected chi connectivity index (χ2v) is 3.90. The number of benzene rings is 1. The first kappa shape index (κ1) is 11.5. The van der Waals surface area contributed by atoms with Crippen LogP contribution in [0, 0.1) is 0 Å². The van der Waals surface area contributed by atoms with Crippen LogP contribution in [0.2, 0.25) is 0 Å². The van der Waals surface area contributed by atoms with E-state index in [0.717, 1.165) is 12.8 Å². The van der Waals surface area contributed by atoms with E-state index >= 15 is 0 Å². The van der Waals surface area contributed by atoms with Gasteiger partial charge in [0.2, 0.25) is 0 Å². The summed E-state index contributed by atoms with van der Waals surface area (Å²) in [5, 5.41) is 0. The Hall–Kier alpha value is -1.97. The SMILES string of the molecule is COc1ccc(N)c(C(=O)C2=COCCC2)c1. The fraction of sp³-hybridized carbons (Fsp3) is 0.308. The number of hydrogen-bond donors (Lipinski definition) is 1. The van der Waals surface area contributed by atoms with Gasteiger partial charge in [-0.2, -0.15) is 0 Å². The minimum Gasteiger partial charge on any atom is -0.501 e. The van der Waals surface area contributed by atoms with Gasteiger partial charge < -0.3 is 15.2 Å². The summed E-state index contributed by atoms with van der Waals surface area (Å²) in [6, 6.07) is 5.07. The molecule has 2 rings (SSSR count). The Labute approximate surface area is 100 Å². The van der Waals surface area contributed by atoms with Gasteiger partial charge in [-0.25, -0.2) is 0 Å². The van der Waals surface area contributed by atoms with Crippen LogP contribution in [-0.2, 0) is 4.74 Å². The van der Waals surface area contributed by atoms with Crippen LogP contribution in [0.1, 0.15) is 23.2 Å². The molecule has 0 unspecified atom stereocenters. The first-order valence-corrected chi connectivity index (χ1v) is 5.51. The van der Waals surface area contributed by atoms with Crippen molar-refractivity contribution in [3.8, 4) is 5.75 Å². The number of rotatable bonds is 3. The van der Waals surface area contributed by atoms with Crippen LogP contribution in [-0.4, -0.2) is 19.5 Å². The lowest BCUT2D eigenvalue weighted by Crippen LogP contribution is -2.11. The van der Waals surface area contributed by atoms with Gasteiger partial charge in [0.25, 0.3) is 0 Å². The number of Topliss-reactive ketones (excluding diaryl/α,β-unsaturated/α-hetero) is 1. The number of hydrogen-bond acceptors (Lipinski definition) is 4. The molecule has 0 amide bonds. The molecule has 0 saturated carbocycles. The predicted molar refractivity (Wildman–Crippen MR) is 65.0 cm³/mol. The van der Waals surface area contributed by atoms with Crippen molar-refractivity contribution in [3.63, 3.8) is 0 Å². The van der Waals surface area contributed by atoms with Crippen LogP contribution < -0.4 is 10.5 Å². The number of methoxy groups -OCH3 is 1. The molecular formula is C13H15NO3. The topological polar surface area (TPSA) is 61.5 Å². The molecule has 0 fully saturated rings. The third-order valence-corrected chi connectivity index (χ3v) is 2.73. The van der Waals surface area contributed by atoms with Crippen molar-refractivity contribution in [2.24, 2.45) is 0 Å². The molecular weight excluding hydrogens is 218 g/mol. The van der Waals surface area contributed by atoms with Crippen LogP contribution in [0.25, 0.3) is 0 Å². The van der Waals surface area contributed by atoms with Gasteiger partial charge in [-0.15, -0.1) is 0 Å². The molecule has 1 aromatic carbocycles. The van der Waals surface area contributed by atoms with Gasteiger partial charge in [-0.3, -0.25) is 4.79 Å². The first-order chi connectivity index (χ1) is 8.22. The van der Waals surface area contributed by atoms with Crippen LogP contribution in [0.5, 0.6) is 5.75 Å². The van der Waals surface area contributed by atoms with Crippen LogP contribution >= 0.6 is 0 Å². The Bertz CT molecular complexity index is 466. The third kappa shape index (κ3) is 2.41. The van der Waals surface area contributed by atoms with Crippen LogP contribution in [0.3, 0.4) is 0 Å². The summed E-state index contributed by atoms with van der Waals surface area (Å²) in [5.41, 5.74) is 7.40. The van der Waals surface area contributed by atoms with E-state index in [1.165, 1.54) is 6.26 Å². The minimum atomic E-state index is -0.0823. The molecule has 0 bridgehead atoms. The second kappa shape index (κ2) is 4.91. The maximum Gasteiger partial charge on any atom is 0.194 e. The van der Waals surface area contributed by atoms with E-state index in [4.69, 9.17) is 15.2 Å². The summed E-state index contributed by atoms with van der Waals surface area (Å²) in [5.74, 6) is 0.543. The standard InChI is InChI=1S/C13H15NO3/c1-16-10-4-5-12(14)11(7-10)13(15)9-3-2-6-17-8-9/h4-5,7-8H,2-3,6,14H2,1H3. The quantitative estimate of drug-likeness (QED) is 0.642. The highest BCUT2D eigenvalue weighted by molar-refractivity contribution is 6.11. The minimum absolute atomic E-state index is 0.0823. The molecule has 2 N–H and O–H groups in total. The van der Waals surface area contributed by atoms with Crippen molar-refractivity contribution >= 4 is 11.5 Å². The van der Waals surface area contributed by atoms with Crippen molar-refractivity contribution in [1.82, 2.24) is 0 Å². The average molecular weight is 233 g/mol. The third-order valence-electron chi connectivity index (χ3n) is 2.73. The monoisotopic (exact) mass is 233 g/mol. The molecule has 4 nitrogen and oxygen atoms in total. The van der Waals surface area contributed by atoms with Gasteiger partial charge in [0.15, 0.2) is 5.78 Å². The summed E-state index contributed by atoms with van der Waals surface area (Å²) >= 11 is 0. The Morgan fingerprint density at radius 3 is 2.94 bits per heavy atom. The second-order valence-electron chi connectivity index (χ2n) is 3.90. The average Bonchev–Trinajstić information content (AvgIpc) is 2.39. The maximum atomic E-state index is 12.2. The molecule has 1 aliphatic rings. The number of anilines is 1. The summed E-state index contributed by atoms with van der Waals surface area (Å²) in [7, 11) is 1.56. The Kier molecular flexibility index (Phi) is 3.32. The number of carbonyl (C=O) groups is 1. The molecule has 0 atom stereocenters. The van der Waals surface area contributed by atoms with E-state index in [0.29, 0.717) is 29.2 Å². The number of carbonyl (C=O) groups excluding carboxylic acids is 1. The molecule has 90 valence electrons. The van der Waals surface area contributed by atoms with Gasteiger partial charge >= 0.3 is 0 Å². The fourth-order valence-corrected chi connectivity index (χ4v) is 1.76. The van der Waals surface area contributed by atoms with Crippen molar-refractivity contribution in [2.75, 3.05) is 19.5 Å². The molecule has 0 aliphatic carbocycles. The molecule has 0 spiro atoms. The molecule has 1 aliphatic heterocycles. The van der Waals surface area contributed by atoms with E-state index in [1.807, 2.05) is 0 Å². The number of allylic oxidation sites excluding steroid dienone is 1. The molecule has 4 heteroatoms. The first-order valence-electron chi connectivity index (χ1n) is 5.51. The zero-order valence-corrected chi connectivity index (χ0v) is 9.73. The lowest BCUT2D eigenvalue weighted by atomic mass is 9.98. The Balaban J connectivity index is 2.32. The highest BCUT2D eigenvalue weighted by atomic mass is 16.5. The number of nitrogens with two attached hydrogens (primary N) is 1. The smallest absolute Gasteiger partial charge is 0.194 e. The fourth-order valence-electron chi connectivity index (χ4n) is 1.76. The highest BCUT2D eigenvalue weighted by Gasteiger charge is 2.18. The van der Waals surface area contributed by atoms with Crippen molar-refractivity contribution < 1.29 is 14.3 Å². The van der Waals surface area contributed by atoms with Crippen LogP contribution in [0.15, 0.2) is 30.0 Å². The predicted octanol–water partition coefficient (Wildman–Crippen LogP) is 2.15. The largest absolute Gasteiger partial charge is 0.501 e. The van der Waals surface area contributed by atoms with E-state index < -0.39 is 0 Å². The lowest BCUT2D eigenvalue weighted by Gasteiger charge is -2.14. The van der Waals surface area contributed by atoms with Gasteiger partial charge in [-0.1, -0.05) is 0 Å². The zero-order valence-electron chi connectivity index (χ0n) is 9.73. The van der Waals surface area contributed by atoms with Crippen LogP contribution in [0.4, 0.5) is 5.69 Å². The summed E-state index contributed by atoms with van der Waals surface area (Å²) in [4.78, 5) is 12.2. The molecule has 1 aromatic rings. The van der Waals surface area contributed by atoms with Gasteiger partial charge in [0.05, 0.1) is 20.0 Å². The summed E-state index contributed by atoms with van der Waals surface area (Å²) in [6.45, 7) is 0.671. The molecule has 0 saturated heterocycles. The summed E-state index contributed by atoms with van der Waals surface area (Å²) < 4.78 is 10.3. The van der Waals surface area contributed by atoms with Crippen molar-refractivity contribution in [2.45, 2.75) is 12.8 Å². The van der Waals surface area contributed by atoms with E-state index in [1.54, 1.807) is 25.3 Å². The normalized spacial score (nSPS) is 14.8. The molecule has 0 radical (unpaired) electrons. The van der Waals surface area contributed by atoms with Crippen molar-refractivity contribution in [3.05, 3.63) is 35.6 Å².